The number of hydrogen-bond acceptors (Lipinski definition) is 3. The summed E-state index contributed by atoms with van der Waals surface area (Å²) in [4.78, 5) is 12.2. The maximum Gasteiger partial charge on any atom is 0.123 e. The van der Waals surface area contributed by atoms with Gasteiger partial charge in [0.2, 0.25) is 0 Å². The maximum atomic E-state index is 13.5. The van der Waals surface area contributed by atoms with Crippen molar-refractivity contribution in [3.8, 4) is 11.4 Å². The van der Waals surface area contributed by atoms with Crippen LogP contribution in [0.1, 0.15) is 43.1 Å². The first-order valence-electron chi connectivity index (χ1n) is 8.00. The van der Waals surface area contributed by atoms with Gasteiger partial charge in [0.25, 0.3) is 0 Å². The second-order valence-electron chi connectivity index (χ2n) is 6.36. The largest absolute Gasteiger partial charge is 0.342 e. The molecule has 0 radical (unpaired) electrons. The van der Waals surface area contributed by atoms with Crippen molar-refractivity contribution >= 4 is 0 Å². The van der Waals surface area contributed by atoms with Crippen molar-refractivity contribution in [2.45, 2.75) is 37.8 Å². The van der Waals surface area contributed by atoms with Gasteiger partial charge in [-0.25, -0.2) is 9.37 Å². The van der Waals surface area contributed by atoms with Gasteiger partial charge in [-0.05, 0) is 43.5 Å². The van der Waals surface area contributed by atoms with Crippen LogP contribution in [0.4, 0.5) is 4.39 Å². The van der Waals surface area contributed by atoms with Crippen LogP contribution >= 0.6 is 0 Å². The molecule has 2 N–H and O–H groups in total. The third kappa shape index (κ3) is 2.84. The van der Waals surface area contributed by atoms with Gasteiger partial charge in [0.05, 0.1) is 11.9 Å². The number of hydrogen-bond donors (Lipinski definition) is 2. The van der Waals surface area contributed by atoms with E-state index in [4.69, 9.17) is 0 Å². The zero-order valence-corrected chi connectivity index (χ0v) is 13.0. The van der Waals surface area contributed by atoms with Crippen molar-refractivity contribution in [1.29, 1.82) is 0 Å². The topological polar surface area (TPSA) is 53.6 Å². The highest BCUT2D eigenvalue weighted by Gasteiger charge is 2.29. The zero-order valence-electron chi connectivity index (χ0n) is 13.0. The van der Waals surface area contributed by atoms with Gasteiger partial charge in [-0.2, -0.15) is 0 Å². The zero-order chi connectivity index (χ0) is 15.8. The summed E-state index contributed by atoms with van der Waals surface area (Å²) >= 11 is 0. The smallest absolute Gasteiger partial charge is 0.123 e. The number of nitrogens with zero attached hydrogens (tertiary/aromatic N) is 2. The number of aromatic nitrogens is 3. The summed E-state index contributed by atoms with van der Waals surface area (Å²) in [5.41, 5.74) is 2.90. The minimum atomic E-state index is -0.187. The fourth-order valence-corrected chi connectivity index (χ4v) is 3.53. The van der Waals surface area contributed by atoms with E-state index in [2.05, 4.69) is 27.2 Å². The lowest BCUT2D eigenvalue weighted by Crippen LogP contribution is -2.38. The minimum absolute atomic E-state index is 0.142. The molecule has 0 aromatic heterocycles. The summed E-state index contributed by atoms with van der Waals surface area (Å²) in [5.74, 6) is 1.12. The number of piperidine rings is 1. The average Bonchev–Trinajstić information content (AvgIpc) is 3.02. The van der Waals surface area contributed by atoms with Gasteiger partial charge in [0.1, 0.15) is 17.3 Å². The molecule has 118 valence electrons. The summed E-state index contributed by atoms with van der Waals surface area (Å²) in [6.07, 6.45) is 5.52. The van der Waals surface area contributed by atoms with E-state index < -0.39 is 0 Å². The Hall–Kier alpha value is -2.27. The number of aromatic amines is 1. The van der Waals surface area contributed by atoms with Crippen molar-refractivity contribution in [1.82, 2.24) is 20.3 Å². The molecule has 3 aliphatic rings. The van der Waals surface area contributed by atoms with E-state index in [1.54, 1.807) is 18.3 Å². The highest BCUT2D eigenvalue weighted by molar-refractivity contribution is 5.54. The molecule has 0 amide bonds. The van der Waals surface area contributed by atoms with Gasteiger partial charge in [0.15, 0.2) is 0 Å². The van der Waals surface area contributed by atoms with Crippen LogP contribution in [-0.2, 0) is 0 Å². The highest BCUT2D eigenvalue weighted by atomic mass is 19.1. The molecule has 4 nitrogen and oxygen atoms in total. The number of fused-ring (bicyclic) bond motifs is 1. The second-order valence-corrected chi connectivity index (χ2v) is 6.36. The highest BCUT2D eigenvalue weighted by Crippen LogP contribution is 2.35. The third-order valence-corrected chi connectivity index (χ3v) is 4.60. The minimum Gasteiger partial charge on any atom is -0.342 e. The van der Waals surface area contributed by atoms with Crippen molar-refractivity contribution in [3.63, 3.8) is 0 Å². The fourth-order valence-electron chi connectivity index (χ4n) is 3.53. The average molecular weight is 310 g/mol. The van der Waals surface area contributed by atoms with Crippen LogP contribution in [0.3, 0.4) is 0 Å². The molecule has 23 heavy (non-hydrogen) atoms. The van der Waals surface area contributed by atoms with E-state index in [0.717, 1.165) is 35.6 Å². The van der Waals surface area contributed by atoms with Crippen LogP contribution < -0.4 is 5.32 Å². The van der Waals surface area contributed by atoms with Crippen LogP contribution in [0.2, 0.25) is 0 Å². The lowest BCUT2D eigenvalue weighted by atomic mass is 9.85. The van der Waals surface area contributed by atoms with Crippen molar-refractivity contribution in [2.24, 2.45) is 0 Å². The Balaban J connectivity index is 1.63. The number of halogens is 1. The second kappa shape index (κ2) is 5.74. The van der Waals surface area contributed by atoms with Crippen LogP contribution in [-0.4, -0.2) is 21.0 Å². The van der Waals surface area contributed by atoms with Gasteiger partial charge in [-0.3, -0.25) is 4.98 Å². The van der Waals surface area contributed by atoms with Crippen LogP contribution in [0, 0.1) is 5.82 Å². The fraction of sp³-hybridized carbons (Fsp3) is 0.333. The van der Waals surface area contributed by atoms with Crippen LogP contribution in [0.15, 0.2) is 42.7 Å². The van der Waals surface area contributed by atoms with E-state index in [9.17, 15) is 4.39 Å². The van der Waals surface area contributed by atoms with E-state index in [1.807, 2.05) is 18.3 Å². The molecule has 1 aromatic rings. The van der Waals surface area contributed by atoms with E-state index in [-0.39, 0.29) is 11.9 Å². The van der Waals surface area contributed by atoms with Gasteiger partial charge in [-0.1, -0.05) is 12.1 Å². The van der Waals surface area contributed by atoms with E-state index in [1.165, 1.54) is 6.07 Å². The Labute approximate surface area is 134 Å². The van der Waals surface area contributed by atoms with Gasteiger partial charge >= 0.3 is 0 Å². The SMILES string of the molecule is CC1CC(c2ncc3nccc-3[nH]2)CC(c2cccc(F)c2)N1. The monoisotopic (exact) mass is 310 g/mol. The molecule has 1 fully saturated rings. The molecular weight excluding hydrogens is 291 g/mol. The van der Waals surface area contributed by atoms with E-state index >= 15 is 0 Å². The maximum absolute atomic E-state index is 13.5. The Kier molecular flexibility index (Phi) is 3.58. The molecule has 0 saturated carbocycles. The van der Waals surface area contributed by atoms with Gasteiger partial charge in [-0.15, -0.1) is 0 Å². The molecule has 0 aliphatic carbocycles. The number of rotatable bonds is 2. The van der Waals surface area contributed by atoms with Gasteiger partial charge < -0.3 is 10.3 Å². The molecule has 0 spiro atoms. The quantitative estimate of drug-likeness (QED) is 0.760. The Morgan fingerprint density at radius 1 is 1.17 bits per heavy atom. The first-order chi connectivity index (χ1) is 11.2. The molecule has 1 saturated heterocycles. The Bertz CT molecular complexity index is 784. The van der Waals surface area contributed by atoms with Crippen molar-refractivity contribution < 1.29 is 4.39 Å². The molecule has 4 rings (SSSR count). The summed E-state index contributed by atoms with van der Waals surface area (Å²) in [6.45, 7) is 2.17. The van der Waals surface area contributed by atoms with Crippen molar-refractivity contribution in [3.05, 3.63) is 59.9 Å². The normalized spacial score (nSPS) is 24.9. The molecule has 0 bridgehead atoms. The number of nitrogens with one attached hydrogen (secondary N) is 2. The van der Waals surface area contributed by atoms with E-state index in [0.29, 0.717) is 12.0 Å². The third-order valence-electron chi connectivity index (χ3n) is 4.60. The number of benzene rings is 1. The van der Waals surface area contributed by atoms with Gasteiger partial charge in [0, 0.05) is 24.2 Å². The molecule has 3 aliphatic heterocycles. The molecule has 3 atom stereocenters. The lowest BCUT2D eigenvalue weighted by molar-refractivity contribution is 0.299. The molecule has 5 heteroatoms. The molecule has 1 aromatic carbocycles. The first-order valence-corrected chi connectivity index (χ1v) is 8.00. The molecule has 3 unspecified atom stereocenters. The Morgan fingerprint density at radius 2 is 2.09 bits per heavy atom. The molecule has 3 heterocycles. The predicted octanol–water partition coefficient (Wildman–Crippen LogP) is 3.65. The summed E-state index contributed by atoms with van der Waals surface area (Å²) in [7, 11) is 0. The summed E-state index contributed by atoms with van der Waals surface area (Å²) in [5, 5.41) is 3.57. The van der Waals surface area contributed by atoms with Crippen LogP contribution in [0.5, 0.6) is 0 Å². The standard InChI is InChI=1S/C18H19FN4/c1-11-7-13(18-21-10-17-15(23-18)5-6-20-17)9-16(22-11)12-3-2-4-14(19)8-12/h2-6,8,10-11,13,16,22H,7,9H2,1H3,(H,21,23). The summed E-state index contributed by atoms with van der Waals surface area (Å²) in [6, 6.07) is 9.32. The van der Waals surface area contributed by atoms with Crippen molar-refractivity contribution in [2.75, 3.05) is 0 Å². The Morgan fingerprint density at radius 3 is 2.96 bits per heavy atom. The first kappa shape index (κ1) is 14.3. The number of H-pyrrole nitrogens is 1. The van der Waals surface area contributed by atoms with Crippen LogP contribution in [0.25, 0.3) is 11.4 Å². The predicted molar refractivity (Wildman–Crippen MR) is 86.7 cm³/mol. The lowest BCUT2D eigenvalue weighted by Gasteiger charge is -2.34. The summed E-state index contributed by atoms with van der Waals surface area (Å²) < 4.78 is 13.5. The molecular formula is C18H19FN4.